The van der Waals surface area contributed by atoms with Crippen LogP contribution in [0.25, 0.3) is 0 Å². The van der Waals surface area contributed by atoms with Gasteiger partial charge in [-0.1, -0.05) is 13.8 Å². The Morgan fingerprint density at radius 1 is 1.17 bits per heavy atom. The molecule has 0 radical (unpaired) electrons. The number of aromatic nitrogens is 3. The van der Waals surface area contributed by atoms with Gasteiger partial charge in [-0.3, -0.25) is 0 Å². The van der Waals surface area contributed by atoms with E-state index in [4.69, 9.17) is 0 Å². The highest BCUT2D eigenvalue weighted by atomic mass is 32.2. The van der Waals surface area contributed by atoms with Crippen LogP contribution in [0.2, 0.25) is 0 Å². The summed E-state index contributed by atoms with van der Waals surface area (Å²) in [5.41, 5.74) is 0. The third-order valence-electron chi connectivity index (χ3n) is 3.70. The molecule has 0 aromatic carbocycles. The quantitative estimate of drug-likeness (QED) is 0.837. The van der Waals surface area contributed by atoms with Crippen LogP contribution < -0.4 is 14.5 Å². The van der Waals surface area contributed by atoms with E-state index in [-0.39, 0.29) is 12.0 Å². The van der Waals surface area contributed by atoms with Crippen LogP contribution in [0.3, 0.4) is 0 Å². The Morgan fingerprint density at radius 2 is 1.78 bits per heavy atom. The lowest BCUT2D eigenvalue weighted by Gasteiger charge is -2.32. The Hall–Kier alpha value is -1.48. The maximum atomic E-state index is 11.3. The van der Waals surface area contributed by atoms with Crippen LogP contribution in [0.15, 0.2) is 0 Å². The maximum absolute atomic E-state index is 11.3. The number of hydrogen-bond donors (Lipinski definition) is 1. The Morgan fingerprint density at radius 3 is 2.26 bits per heavy atom. The molecule has 23 heavy (non-hydrogen) atoms. The number of hydrogen-bond acceptors (Lipinski definition) is 7. The van der Waals surface area contributed by atoms with Gasteiger partial charge in [-0.05, 0) is 12.8 Å². The van der Waals surface area contributed by atoms with Crippen molar-refractivity contribution in [3.63, 3.8) is 0 Å². The van der Waals surface area contributed by atoms with Gasteiger partial charge in [0.05, 0.1) is 6.26 Å². The minimum atomic E-state index is -3.16. The fraction of sp³-hybridized carbons (Fsp3) is 0.786. The molecule has 1 aromatic heterocycles. The summed E-state index contributed by atoms with van der Waals surface area (Å²) in [5.74, 6) is 2.32. The molecule has 0 atom stereocenters. The molecule has 8 nitrogen and oxygen atoms in total. The van der Waals surface area contributed by atoms with Crippen molar-refractivity contribution in [1.29, 1.82) is 0 Å². The Bertz CT molecular complexity index is 612. The molecule has 0 saturated carbocycles. The number of piperidine rings is 1. The van der Waals surface area contributed by atoms with Crippen LogP contribution in [-0.2, 0) is 10.0 Å². The van der Waals surface area contributed by atoms with E-state index in [0.717, 1.165) is 31.8 Å². The average Bonchev–Trinajstić information content (AvgIpc) is 2.45. The maximum Gasteiger partial charge on any atom is 0.230 e. The standard InChI is InChI=1S/C14H26N6O2S/c1-10(2)12-15-13(19(3)4)17-14(16-12)20-8-6-11(7-9-20)18-23(5,21)22/h10-11,18H,6-9H2,1-5H3. The van der Waals surface area contributed by atoms with E-state index in [1.807, 2.05) is 19.0 Å². The van der Waals surface area contributed by atoms with Gasteiger partial charge in [-0.2, -0.15) is 15.0 Å². The van der Waals surface area contributed by atoms with E-state index in [9.17, 15) is 8.42 Å². The third kappa shape index (κ3) is 5.00. The van der Waals surface area contributed by atoms with Gasteiger partial charge >= 0.3 is 0 Å². The summed E-state index contributed by atoms with van der Waals surface area (Å²) in [6.07, 6.45) is 2.68. The molecule has 0 amide bonds. The molecule has 0 spiro atoms. The summed E-state index contributed by atoms with van der Waals surface area (Å²) in [6, 6.07) is -0.0130. The summed E-state index contributed by atoms with van der Waals surface area (Å²) in [7, 11) is 0.658. The third-order valence-corrected chi connectivity index (χ3v) is 4.47. The lowest BCUT2D eigenvalue weighted by atomic mass is 10.1. The molecule has 9 heteroatoms. The first-order valence-electron chi connectivity index (χ1n) is 7.81. The second-order valence-electron chi connectivity index (χ2n) is 6.49. The second kappa shape index (κ2) is 6.96. The van der Waals surface area contributed by atoms with Crippen molar-refractivity contribution in [2.45, 2.75) is 38.6 Å². The predicted molar refractivity (Wildman–Crippen MR) is 91.5 cm³/mol. The molecule has 0 bridgehead atoms. The molecule has 0 unspecified atom stereocenters. The summed E-state index contributed by atoms with van der Waals surface area (Å²) < 4.78 is 25.3. The van der Waals surface area contributed by atoms with E-state index < -0.39 is 10.0 Å². The molecular formula is C14H26N6O2S. The zero-order valence-corrected chi connectivity index (χ0v) is 15.3. The van der Waals surface area contributed by atoms with Gasteiger partial charge < -0.3 is 9.80 Å². The van der Waals surface area contributed by atoms with Crippen molar-refractivity contribution < 1.29 is 8.42 Å². The highest BCUT2D eigenvalue weighted by Gasteiger charge is 2.24. The van der Waals surface area contributed by atoms with Gasteiger partial charge in [0, 0.05) is 39.1 Å². The van der Waals surface area contributed by atoms with Crippen LogP contribution in [0, 0.1) is 0 Å². The Kier molecular flexibility index (Phi) is 5.41. The van der Waals surface area contributed by atoms with Gasteiger partial charge in [0.1, 0.15) is 5.82 Å². The molecule has 2 rings (SSSR count). The number of nitrogens with one attached hydrogen (secondary N) is 1. The van der Waals surface area contributed by atoms with Crippen molar-refractivity contribution >= 4 is 21.9 Å². The van der Waals surface area contributed by atoms with E-state index in [0.29, 0.717) is 11.9 Å². The first kappa shape index (κ1) is 17.9. The predicted octanol–water partition coefficient (Wildman–Crippen LogP) is 0.579. The van der Waals surface area contributed by atoms with Crippen molar-refractivity contribution in [2.75, 3.05) is 43.2 Å². The van der Waals surface area contributed by atoms with Gasteiger partial charge in [-0.25, -0.2) is 13.1 Å². The molecule has 130 valence electrons. The molecule has 0 aliphatic carbocycles. The zero-order chi connectivity index (χ0) is 17.2. The van der Waals surface area contributed by atoms with Gasteiger partial charge in [-0.15, -0.1) is 0 Å². The van der Waals surface area contributed by atoms with Gasteiger partial charge in [0.15, 0.2) is 0 Å². The van der Waals surface area contributed by atoms with Crippen LogP contribution in [0.1, 0.15) is 38.4 Å². The van der Waals surface area contributed by atoms with Crippen molar-refractivity contribution in [3.05, 3.63) is 5.82 Å². The highest BCUT2D eigenvalue weighted by Crippen LogP contribution is 2.21. The topological polar surface area (TPSA) is 91.3 Å². The number of sulfonamides is 1. The zero-order valence-electron chi connectivity index (χ0n) is 14.4. The van der Waals surface area contributed by atoms with Crippen molar-refractivity contribution in [1.82, 2.24) is 19.7 Å². The lowest BCUT2D eigenvalue weighted by molar-refractivity contribution is 0.457. The van der Waals surface area contributed by atoms with E-state index in [1.54, 1.807) is 0 Å². The highest BCUT2D eigenvalue weighted by molar-refractivity contribution is 7.88. The van der Waals surface area contributed by atoms with Crippen LogP contribution in [0.5, 0.6) is 0 Å². The fourth-order valence-electron chi connectivity index (χ4n) is 2.47. The van der Waals surface area contributed by atoms with Crippen molar-refractivity contribution in [2.24, 2.45) is 0 Å². The molecule has 1 aliphatic rings. The summed E-state index contributed by atoms with van der Waals surface area (Å²) >= 11 is 0. The molecule has 1 N–H and O–H groups in total. The summed E-state index contributed by atoms with van der Waals surface area (Å²) in [5, 5.41) is 0. The minimum absolute atomic E-state index is 0.0130. The first-order chi connectivity index (χ1) is 10.7. The molecular weight excluding hydrogens is 316 g/mol. The van der Waals surface area contributed by atoms with Crippen LogP contribution in [0.4, 0.5) is 11.9 Å². The Balaban J connectivity index is 2.14. The summed E-state index contributed by atoms with van der Waals surface area (Å²) in [6.45, 7) is 5.56. The van der Waals surface area contributed by atoms with E-state index in [2.05, 4.69) is 38.4 Å². The first-order valence-corrected chi connectivity index (χ1v) is 9.70. The molecule has 1 aromatic rings. The molecule has 2 heterocycles. The number of anilines is 2. The largest absolute Gasteiger partial charge is 0.347 e. The van der Waals surface area contributed by atoms with E-state index >= 15 is 0 Å². The van der Waals surface area contributed by atoms with Crippen LogP contribution >= 0.6 is 0 Å². The fourth-order valence-corrected chi connectivity index (χ4v) is 3.31. The average molecular weight is 342 g/mol. The normalized spacial score (nSPS) is 16.9. The number of rotatable bonds is 5. The SMILES string of the molecule is CC(C)c1nc(N(C)C)nc(N2CCC(NS(C)(=O)=O)CC2)n1. The lowest BCUT2D eigenvalue weighted by Crippen LogP contribution is -2.45. The van der Waals surface area contributed by atoms with Gasteiger partial charge in [0.25, 0.3) is 0 Å². The van der Waals surface area contributed by atoms with Crippen LogP contribution in [-0.4, -0.2) is 62.9 Å². The minimum Gasteiger partial charge on any atom is -0.347 e. The second-order valence-corrected chi connectivity index (χ2v) is 8.27. The molecule has 1 fully saturated rings. The molecule has 1 saturated heterocycles. The van der Waals surface area contributed by atoms with Crippen molar-refractivity contribution in [3.8, 4) is 0 Å². The smallest absolute Gasteiger partial charge is 0.230 e. The number of nitrogens with zero attached hydrogens (tertiary/aromatic N) is 5. The Labute approximate surface area is 138 Å². The molecule has 1 aliphatic heterocycles. The van der Waals surface area contributed by atoms with E-state index in [1.165, 1.54) is 6.26 Å². The summed E-state index contributed by atoms with van der Waals surface area (Å²) in [4.78, 5) is 17.6. The monoisotopic (exact) mass is 342 g/mol. The van der Waals surface area contributed by atoms with Gasteiger partial charge in [0.2, 0.25) is 21.9 Å².